The van der Waals surface area contributed by atoms with Crippen LogP contribution in [-0.2, 0) is 19.4 Å². The van der Waals surface area contributed by atoms with E-state index in [1.165, 1.54) is 24.3 Å². The Bertz CT molecular complexity index is 907. The van der Waals surface area contributed by atoms with Crippen molar-refractivity contribution >= 4 is 39.0 Å². The Morgan fingerprint density at radius 3 is 2.36 bits per heavy atom. The van der Waals surface area contributed by atoms with Crippen molar-refractivity contribution in [3.8, 4) is 0 Å². The van der Waals surface area contributed by atoms with Gasteiger partial charge in [0.1, 0.15) is 0 Å². The average molecular weight is 382 g/mol. The van der Waals surface area contributed by atoms with Gasteiger partial charge < -0.3 is 10.1 Å². The SMILES string of the molecule is Cc1ccc(Cl)cc1NC(=O)COC(=O)c1ccc(S(C)(=O)=O)cc1. The Balaban J connectivity index is 1.95. The predicted molar refractivity (Wildman–Crippen MR) is 94.7 cm³/mol. The minimum absolute atomic E-state index is 0.0956. The van der Waals surface area contributed by atoms with Crippen LogP contribution in [0.2, 0.25) is 5.02 Å². The smallest absolute Gasteiger partial charge is 0.338 e. The van der Waals surface area contributed by atoms with Gasteiger partial charge in [0.15, 0.2) is 16.4 Å². The van der Waals surface area contributed by atoms with E-state index in [2.05, 4.69) is 5.32 Å². The quantitative estimate of drug-likeness (QED) is 0.804. The second-order valence-corrected chi connectivity index (χ2v) is 7.83. The van der Waals surface area contributed by atoms with Gasteiger partial charge in [-0.05, 0) is 48.9 Å². The molecule has 0 radical (unpaired) electrons. The van der Waals surface area contributed by atoms with Crippen molar-refractivity contribution in [3.05, 3.63) is 58.6 Å². The molecule has 2 rings (SSSR count). The van der Waals surface area contributed by atoms with E-state index in [0.29, 0.717) is 10.7 Å². The van der Waals surface area contributed by atoms with Gasteiger partial charge in [0, 0.05) is 17.0 Å². The zero-order valence-electron chi connectivity index (χ0n) is 13.6. The normalized spacial score (nSPS) is 11.0. The average Bonchev–Trinajstić information content (AvgIpc) is 2.55. The molecule has 0 aliphatic heterocycles. The van der Waals surface area contributed by atoms with Crippen molar-refractivity contribution < 1.29 is 22.7 Å². The first-order chi connectivity index (χ1) is 11.7. The third-order valence-corrected chi connectivity index (χ3v) is 4.69. The number of rotatable bonds is 5. The molecule has 0 atom stereocenters. The van der Waals surface area contributed by atoms with Crippen LogP contribution in [0, 0.1) is 6.92 Å². The van der Waals surface area contributed by atoms with Crippen LogP contribution in [0.25, 0.3) is 0 Å². The predicted octanol–water partition coefficient (Wildman–Crippen LogP) is 2.85. The van der Waals surface area contributed by atoms with Crippen LogP contribution in [-0.4, -0.2) is 33.2 Å². The Morgan fingerprint density at radius 1 is 1.12 bits per heavy atom. The van der Waals surface area contributed by atoms with Crippen LogP contribution in [0.4, 0.5) is 5.69 Å². The first-order valence-electron chi connectivity index (χ1n) is 7.20. The van der Waals surface area contributed by atoms with Gasteiger partial charge in [-0.3, -0.25) is 4.79 Å². The number of hydrogen-bond acceptors (Lipinski definition) is 5. The Labute approximate surface area is 150 Å². The van der Waals surface area contributed by atoms with Crippen LogP contribution in [0.5, 0.6) is 0 Å². The monoisotopic (exact) mass is 381 g/mol. The van der Waals surface area contributed by atoms with E-state index >= 15 is 0 Å². The number of esters is 1. The second kappa shape index (κ2) is 7.67. The number of amides is 1. The van der Waals surface area contributed by atoms with Crippen LogP contribution in [0.3, 0.4) is 0 Å². The Hall–Kier alpha value is -2.38. The van der Waals surface area contributed by atoms with Crippen molar-refractivity contribution in [2.45, 2.75) is 11.8 Å². The highest BCUT2D eigenvalue weighted by Gasteiger charge is 2.13. The lowest BCUT2D eigenvalue weighted by atomic mass is 10.2. The molecule has 132 valence electrons. The van der Waals surface area contributed by atoms with E-state index in [4.69, 9.17) is 16.3 Å². The summed E-state index contributed by atoms with van der Waals surface area (Å²) in [5.41, 5.74) is 1.51. The number of aryl methyl sites for hydroxylation is 1. The maximum Gasteiger partial charge on any atom is 0.338 e. The molecule has 0 bridgehead atoms. The molecule has 8 heteroatoms. The number of benzene rings is 2. The number of nitrogens with one attached hydrogen (secondary N) is 1. The summed E-state index contributed by atoms with van der Waals surface area (Å²) >= 11 is 5.87. The molecule has 0 saturated heterocycles. The number of hydrogen-bond donors (Lipinski definition) is 1. The standard InChI is InChI=1S/C17H16ClNO5S/c1-11-3-6-13(18)9-15(11)19-16(20)10-24-17(21)12-4-7-14(8-5-12)25(2,22)23/h3-9H,10H2,1-2H3,(H,19,20). The third-order valence-electron chi connectivity index (χ3n) is 3.33. The zero-order valence-corrected chi connectivity index (χ0v) is 15.1. The molecule has 0 aliphatic rings. The van der Waals surface area contributed by atoms with Crippen molar-refractivity contribution in [1.82, 2.24) is 0 Å². The van der Waals surface area contributed by atoms with Gasteiger partial charge in [0.05, 0.1) is 10.5 Å². The fourth-order valence-electron chi connectivity index (χ4n) is 1.97. The number of halogens is 1. The molecule has 0 aromatic heterocycles. The van der Waals surface area contributed by atoms with Crippen molar-refractivity contribution in [3.63, 3.8) is 0 Å². The number of carbonyl (C=O) groups is 2. The summed E-state index contributed by atoms with van der Waals surface area (Å²) in [7, 11) is -3.34. The van der Waals surface area contributed by atoms with Crippen molar-refractivity contribution in [2.24, 2.45) is 0 Å². The van der Waals surface area contributed by atoms with Gasteiger partial charge in [-0.15, -0.1) is 0 Å². The Morgan fingerprint density at radius 2 is 1.76 bits per heavy atom. The fraction of sp³-hybridized carbons (Fsp3) is 0.176. The Kier molecular flexibility index (Phi) is 5.81. The molecule has 6 nitrogen and oxygen atoms in total. The summed E-state index contributed by atoms with van der Waals surface area (Å²) < 4.78 is 27.7. The topological polar surface area (TPSA) is 89.5 Å². The number of ether oxygens (including phenoxy) is 1. The molecule has 0 spiro atoms. The van der Waals surface area contributed by atoms with E-state index in [1.807, 2.05) is 0 Å². The summed E-state index contributed by atoms with van der Waals surface area (Å²) in [4.78, 5) is 23.9. The minimum Gasteiger partial charge on any atom is -0.452 e. The third kappa shape index (κ3) is 5.30. The molecule has 2 aromatic rings. The summed E-state index contributed by atoms with van der Waals surface area (Å²) in [6.07, 6.45) is 1.07. The molecule has 0 fully saturated rings. The molecule has 0 unspecified atom stereocenters. The molecule has 0 heterocycles. The summed E-state index contributed by atoms with van der Waals surface area (Å²) in [5.74, 6) is -1.23. The summed E-state index contributed by atoms with van der Waals surface area (Å²) in [6, 6.07) is 10.3. The van der Waals surface area contributed by atoms with Gasteiger partial charge in [-0.2, -0.15) is 0 Å². The highest BCUT2D eigenvalue weighted by atomic mass is 35.5. The van der Waals surface area contributed by atoms with E-state index in [-0.39, 0.29) is 10.5 Å². The highest BCUT2D eigenvalue weighted by Crippen LogP contribution is 2.20. The van der Waals surface area contributed by atoms with Crippen molar-refractivity contribution in [1.29, 1.82) is 0 Å². The number of sulfone groups is 1. The first-order valence-corrected chi connectivity index (χ1v) is 9.47. The fourth-order valence-corrected chi connectivity index (χ4v) is 2.77. The second-order valence-electron chi connectivity index (χ2n) is 5.38. The number of carbonyl (C=O) groups excluding carboxylic acids is 2. The molecule has 2 aromatic carbocycles. The van der Waals surface area contributed by atoms with E-state index < -0.39 is 28.3 Å². The summed E-state index contributed by atoms with van der Waals surface area (Å²) in [5, 5.41) is 3.08. The first kappa shape index (κ1) is 19.0. The van der Waals surface area contributed by atoms with Crippen LogP contribution in [0.15, 0.2) is 47.4 Å². The van der Waals surface area contributed by atoms with E-state index in [1.54, 1.807) is 25.1 Å². The number of anilines is 1. The molecule has 0 saturated carbocycles. The molecular weight excluding hydrogens is 366 g/mol. The van der Waals surface area contributed by atoms with Crippen LogP contribution in [0.1, 0.15) is 15.9 Å². The van der Waals surface area contributed by atoms with Crippen LogP contribution >= 0.6 is 11.6 Å². The van der Waals surface area contributed by atoms with Gasteiger partial charge in [-0.1, -0.05) is 17.7 Å². The lowest BCUT2D eigenvalue weighted by Gasteiger charge is -2.09. The largest absolute Gasteiger partial charge is 0.452 e. The molecule has 1 N–H and O–H groups in total. The van der Waals surface area contributed by atoms with Gasteiger partial charge in [-0.25, -0.2) is 13.2 Å². The lowest BCUT2D eigenvalue weighted by molar-refractivity contribution is -0.119. The van der Waals surface area contributed by atoms with Crippen molar-refractivity contribution in [2.75, 3.05) is 18.2 Å². The summed E-state index contributed by atoms with van der Waals surface area (Å²) in [6.45, 7) is 1.33. The van der Waals surface area contributed by atoms with Gasteiger partial charge in [0.2, 0.25) is 0 Å². The molecular formula is C17H16ClNO5S. The maximum atomic E-state index is 11.9. The molecule has 1 amide bonds. The molecule has 25 heavy (non-hydrogen) atoms. The van der Waals surface area contributed by atoms with Crippen LogP contribution < -0.4 is 5.32 Å². The zero-order chi connectivity index (χ0) is 18.6. The minimum atomic E-state index is -3.34. The molecule has 0 aliphatic carbocycles. The van der Waals surface area contributed by atoms with E-state index in [9.17, 15) is 18.0 Å². The van der Waals surface area contributed by atoms with Gasteiger partial charge >= 0.3 is 5.97 Å². The van der Waals surface area contributed by atoms with E-state index in [0.717, 1.165) is 11.8 Å². The van der Waals surface area contributed by atoms with Gasteiger partial charge in [0.25, 0.3) is 5.91 Å². The highest BCUT2D eigenvalue weighted by molar-refractivity contribution is 7.90. The maximum absolute atomic E-state index is 11.9. The lowest BCUT2D eigenvalue weighted by Crippen LogP contribution is -2.21.